The molecule has 136 valence electrons. The highest BCUT2D eigenvalue weighted by Crippen LogP contribution is 2.26. The smallest absolute Gasteiger partial charge is 0.270 e. The van der Waals surface area contributed by atoms with Gasteiger partial charge in [-0.15, -0.1) is 0 Å². The summed E-state index contributed by atoms with van der Waals surface area (Å²) >= 11 is 0. The van der Waals surface area contributed by atoms with E-state index in [-0.39, 0.29) is 11.9 Å². The van der Waals surface area contributed by atoms with Crippen molar-refractivity contribution in [2.75, 3.05) is 0 Å². The average molecular weight is 359 g/mol. The summed E-state index contributed by atoms with van der Waals surface area (Å²) in [5.41, 5.74) is 3.55. The SMILES string of the molecule is Cc1c(C(C)NC(=O)c2ccnn2C)cnn1-c1cccc2ccccc12. The number of nitrogens with one attached hydrogen (secondary N) is 1. The fraction of sp³-hybridized carbons (Fsp3) is 0.190. The molecule has 0 spiro atoms. The van der Waals surface area contributed by atoms with Crippen molar-refractivity contribution >= 4 is 16.7 Å². The molecule has 0 fully saturated rings. The van der Waals surface area contributed by atoms with Crippen LogP contribution in [-0.2, 0) is 7.05 Å². The maximum absolute atomic E-state index is 12.5. The normalized spacial score (nSPS) is 12.3. The molecule has 1 atom stereocenters. The van der Waals surface area contributed by atoms with Crippen molar-refractivity contribution in [2.45, 2.75) is 19.9 Å². The molecule has 0 radical (unpaired) electrons. The number of nitrogens with zero attached hydrogens (tertiary/aromatic N) is 4. The van der Waals surface area contributed by atoms with Crippen LogP contribution in [0.1, 0.15) is 34.7 Å². The predicted molar refractivity (Wildman–Crippen MR) is 105 cm³/mol. The molecule has 0 aliphatic rings. The number of carbonyl (C=O) groups excluding carboxylic acids is 1. The van der Waals surface area contributed by atoms with Crippen molar-refractivity contribution in [1.29, 1.82) is 0 Å². The number of benzene rings is 2. The third kappa shape index (κ3) is 2.99. The highest BCUT2D eigenvalue weighted by molar-refractivity contribution is 5.92. The Morgan fingerprint density at radius 1 is 1.07 bits per heavy atom. The van der Waals surface area contributed by atoms with Gasteiger partial charge in [-0.2, -0.15) is 10.2 Å². The van der Waals surface area contributed by atoms with Crippen molar-refractivity contribution in [1.82, 2.24) is 24.9 Å². The van der Waals surface area contributed by atoms with E-state index < -0.39 is 0 Å². The second kappa shape index (κ2) is 6.72. The summed E-state index contributed by atoms with van der Waals surface area (Å²) in [4.78, 5) is 12.5. The molecule has 0 aliphatic heterocycles. The molecule has 0 saturated heterocycles. The molecule has 1 N–H and O–H groups in total. The molecule has 6 nitrogen and oxygen atoms in total. The molecule has 6 heteroatoms. The Hall–Kier alpha value is -3.41. The van der Waals surface area contributed by atoms with Gasteiger partial charge in [0.15, 0.2) is 0 Å². The van der Waals surface area contributed by atoms with E-state index in [9.17, 15) is 4.79 Å². The minimum Gasteiger partial charge on any atom is -0.344 e. The van der Waals surface area contributed by atoms with Gasteiger partial charge in [0.2, 0.25) is 0 Å². The highest BCUT2D eigenvalue weighted by Gasteiger charge is 2.19. The van der Waals surface area contributed by atoms with Crippen molar-refractivity contribution in [2.24, 2.45) is 7.05 Å². The van der Waals surface area contributed by atoms with Crippen molar-refractivity contribution in [3.63, 3.8) is 0 Å². The highest BCUT2D eigenvalue weighted by atomic mass is 16.2. The van der Waals surface area contributed by atoms with Gasteiger partial charge in [-0.1, -0.05) is 36.4 Å². The Morgan fingerprint density at radius 3 is 2.63 bits per heavy atom. The zero-order valence-electron chi connectivity index (χ0n) is 15.5. The van der Waals surface area contributed by atoms with E-state index in [0.717, 1.165) is 22.3 Å². The van der Waals surface area contributed by atoms with Crippen LogP contribution in [0.3, 0.4) is 0 Å². The summed E-state index contributed by atoms with van der Waals surface area (Å²) in [6.45, 7) is 3.99. The molecule has 0 bridgehead atoms. The lowest BCUT2D eigenvalue weighted by atomic mass is 10.1. The van der Waals surface area contributed by atoms with Gasteiger partial charge in [-0.3, -0.25) is 9.48 Å². The molecule has 2 aromatic carbocycles. The molecule has 0 aliphatic carbocycles. The minimum atomic E-state index is -0.170. The lowest BCUT2D eigenvalue weighted by Gasteiger charge is -2.15. The predicted octanol–water partition coefficient (Wildman–Crippen LogP) is 3.56. The number of fused-ring (bicyclic) bond motifs is 1. The maximum Gasteiger partial charge on any atom is 0.270 e. The Kier molecular flexibility index (Phi) is 4.24. The van der Waals surface area contributed by atoms with Crippen LogP contribution in [0.15, 0.2) is 60.9 Å². The summed E-state index contributed by atoms with van der Waals surface area (Å²) in [6, 6.07) is 16.0. The van der Waals surface area contributed by atoms with Gasteiger partial charge in [-0.05, 0) is 31.4 Å². The van der Waals surface area contributed by atoms with Crippen molar-refractivity contribution < 1.29 is 4.79 Å². The van der Waals surface area contributed by atoms with Crippen LogP contribution < -0.4 is 5.32 Å². The summed E-state index contributed by atoms with van der Waals surface area (Å²) in [5.74, 6) is -0.153. The van der Waals surface area contributed by atoms with Crippen LogP contribution in [0.4, 0.5) is 0 Å². The first kappa shape index (κ1) is 17.0. The van der Waals surface area contributed by atoms with Crippen LogP contribution in [0.5, 0.6) is 0 Å². The topological polar surface area (TPSA) is 64.7 Å². The van der Waals surface area contributed by atoms with Gasteiger partial charge >= 0.3 is 0 Å². The fourth-order valence-electron chi connectivity index (χ4n) is 3.43. The number of amides is 1. The van der Waals surface area contributed by atoms with Crippen LogP contribution in [0.2, 0.25) is 0 Å². The first-order valence-corrected chi connectivity index (χ1v) is 8.88. The van der Waals surface area contributed by atoms with Crippen LogP contribution >= 0.6 is 0 Å². The van der Waals surface area contributed by atoms with Crippen LogP contribution in [-0.4, -0.2) is 25.5 Å². The number of carbonyl (C=O) groups is 1. The van der Waals surface area contributed by atoms with Gasteiger partial charge in [-0.25, -0.2) is 4.68 Å². The number of aromatic nitrogens is 4. The zero-order valence-corrected chi connectivity index (χ0v) is 15.5. The van der Waals surface area contributed by atoms with Gasteiger partial charge in [0.05, 0.1) is 17.9 Å². The molecule has 1 amide bonds. The van der Waals surface area contributed by atoms with E-state index >= 15 is 0 Å². The van der Waals surface area contributed by atoms with Gasteiger partial charge in [0.25, 0.3) is 5.91 Å². The minimum absolute atomic E-state index is 0.153. The van der Waals surface area contributed by atoms with Crippen LogP contribution in [0.25, 0.3) is 16.5 Å². The van der Waals surface area contributed by atoms with E-state index in [2.05, 4.69) is 39.8 Å². The summed E-state index contributed by atoms with van der Waals surface area (Å²) < 4.78 is 3.50. The monoisotopic (exact) mass is 359 g/mol. The van der Waals surface area contributed by atoms with E-state index in [1.165, 1.54) is 5.39 Å². The lowest BCUT2D eigenvalue weighted by molar-refractivity contribution is 0.0930. The quantitative estimate of drug-likeness (QED) is 0.606. The molecule has 0 saturated carbocycles. The Morgan fingerprint density at radius 2 is 1.85 bits per heavy atom. The lowest BCUT2D eigenvalue weighted by Crippen LogP contribution is -2.28. The van der Waals surface area contributed by atoms with Gasteiger partial charge in [0.1, 0.15) is 5.69 Å². The summed E-state index contributed by atoms with van der Waals surface area (Å²) in [5, 5.41) is 14.0. The second-order valence-electron chi connectivity index (χ2n) is 6.63. The van der Waals surface area contributed by atoms with Crippen LogP contribution in [0, 0.1) is 6.92 Å². The number of aryl methyl sites for hydroxylation is 1. The first-order valence-electron chi connectivity index (χ1n) is 8.88. The Bertz CT molecular complexity index is 1120. The van der Waals surface area contributed by atoms with Crippen molar-refractivity contribution in [3.8, 4) is 5.69 Å². The number of rotatable bonds is 4. The molecule has 4 rings (SSSR count). The van der Waals surface area contributed by atoms with E-state index in [1.807, 2.05) is 42.9 Å². The molecular formula is C21H21N5O. The van der Waals surface area contributed by atoms with E-state index in [1.54, 1.807) is 24.0 Å². The van der Waals surface area contributed by atoms with Gasteiger partial charge < -0.3 is 5.32 Å². The summed E-state index contributed by atoms with van der Waals surface area (Å²) in [7, 11) is 1.75. The largest absolute Gasteiger partial charge is 0.344 e. The molecule has 27 heavy (non-hydrogen) atoms. The average Bonchev–Trinajstić information content (AvgIpc) is 3.27. The first-order chi connectivity index (χ1) is 13.1. The standard InChI is InChI=1S/C21H21N5O/c1-14(24-21(27)20-11-12-22-25(20)3)18-13-23-26(15(18)2)19-10-6-8-16-7-4-5-9-17(16)19/h4-14H,1-3H3,(H,24,27). The van der Waals surface area contributed by atoms with Crippen molar-refractivity contribution in [3.05, 3.63) is 77.9 Å². The maximum atomic E-state index is 12.5. The Balaban J connectivity index is 1.66. The van der Waals surface area contributed by atoms with Gasteiger partial charge in [0, 0.05) is 29.9 Å². The number of hydrogen-bond acceptors (Lipinski definition) is 3. The molecular weight excluding hydrogens is 338 g/mol. The zero-order chi connectivity index (χ0) is 19.0. The van der Waals surface area contributed by atoms with E-state index in [4.69, 9.17) is 0 Å². The molecule has 2 aromatic heterocycles. The number of hydrogen-bond donors (Lipinski definition) is 1. The molecule has 2 heterocycles. The summed E-state index contributed by atoms with van der Waals surface area (Å²) in [6.07, 6.45) is 3.44. The molecule has 4 aromatic rings. The second-order valence-corrected chi connectivity index (χ2v) is 6.63. The Labute approximate surface area is 157 Å². The molecule has 1 unspecified atom stereocenters. The third-order valence-electron chi connectivity index (χ3n) is 4.91. The third-order valence-corrected chi connectivity index (χ3v) is 4.91. The fourth-order valence-corrected chi connectivity index (χ4v) is 3.43. The van der Waals surface area contributed by atoms with E-state index in [0.29, 0.717) is 5.69 Å².